The fourth-order valence-electron chi connectivity index (χ4n) is 0.455. The van der Waals surface area contributed by atoms with Gasteiger partial charge in [0.05, 0.1) is 0 Å². The Morgan fingerprint density at radius 3 is 2.06 bits per heavy atom. The number of aliphatic carboxylic acids is 1. The molecular formula is C8H15N3O6S. The second-order valence-corrected chi connectivity index (χ2v) is 4.01. The van der Waals surface area contributed by atoms with E-state index < -0.39 is 30.6 Å². The van der Waals surface area contributed by atoms with Crippen LogP contribution in [0.4, 0.5) is 4.79 Å². The number of imide groups is 1. The van der Waals surface area contributed by atoms with Crippen LogP contribution in [-0.4, -0.2) is 51.6 Å². The normalized spacial score (nSPS) is 10.6. The van der Waals surface area contributed by atoms with E-state index in [1.807, 2.05) is 0 Å². The molecule has 0 fully saturated rings. The van der Waals surface area contributed by atoms with Crippen LogP contribution >= 0.6 is 11.8 Å². The van der Waals surface area contributed by atoms with Gasteiger partial charge in [-0.25, -0.2) is 4.79 Å². The first-order valence-corrected chi connectivity index (χ1v) is 5.51. The van der Waals surface area contributed by atoms with Gasteiger partial charge in [0.15, 0.2) is 5.12 Å². The minimum atomic E-state index is -1.08. The number of nitrogens with two attached hydrogens (primary N) is 2. The van der Waals surface area contributed by atoms with Gasteiger partial charge < -0.3 is 21.7 Å². The van der Waals surface area contributed by atoms with E-state index >= 15 is 0 Å². The Hall–Kier alpha value is -1.65. The van der Waals surface area contributed by atoms with Crippen molar-refractivity contribution in [3.05, 3.63) is 0 Å². The van der Waals surface area contributed by atoms with E-state index in [4.69, 9.17) is 15.9 Å². The number of aliphatic hydroxyl groups excluding tert-OH is 1. The molecule has 10 heteroatoms. The molecule has 0 aliphatic rings. The van der Waals surface area contributed by atoms with E-state index in [1.165, 1.54) is 6.92 Å². The largest absolute Gasteiger partial charge is 0.480 e. The number of thioether (sulfide) groups is 1. The molecule has 1 atom stereocenters. The van der Waals surface area contributed by atoms with Crippen molar-refractivity contribution in [1.82, 2.24) is 5.32 Å². The van der Waals surface area contributed by atoms with Gasteiger partial charge in [-0.05, 0) is 0 Å². The van der Waals surface area contributed by atoms with Crippen LogP contribution in [0.3, 0.4) is 0 Å². The molecule has 0 saturated heterocycles. The molecule has 0 aromatic carbocycles. The smallest absolute Gasteiger partial charge is 0.321 e. The van der Waals surface area contributed by atoms with Gasteiger partial charge in [-0.1, -0.05) is 11.8 Å². The zero-order valence-electron chi connectivity index (χ0n) is 9.58. The van der Waals surface area contributed by atoms with Crippen molar-refractivity contribution in [1.29, 1.82) is 0 Å². The molecule has 3 amide bonds. The summed E-state index contributed by atoms with van der Waals surface area (Å²) in [5.74, 6) is -1.73. The third-order valence-electron chi connectivity index (χ3n) is 1.19. The molecule has 0 radical (unpaired) electrons. The number of carboxylic acid groups (broad SMARTS) is 1. The first-order chi connectivity index (χ1) is 8.20. The molecule has 0 spiro atoms. The summed E-state index contributed by atoms with van der Waals surface area (Å²) >= 11 is 0.923. The standard InChI is InChI=1S/C5H9NO3S.C3H6N2O3/c1-3(7)10-2-4(6)5(8)9;4-3(8)5-2(7)1-6/h4H,2,6H2,1H3,(H,8,9);6H,1H2,(H3,4,5,7,8). The number of amides is 3. The summed E-state index contributed by atoms with van der Waals surface area (Å²) in [4.78, 5) is 40.1. The van der Waals surface area contributed by atoms with Crippen LogP contribution in [0.2, 0.25) is 0 Å². The van der Waals surface area contributed by atoms with Gasteiger partial charge in [0.2, 0.25) is 0 Å². The monoisotopic (exact) mass is 281 g/mol. The lowest BCUT2D eigenvalue weighted by atomic mass is 10.4. The number of carboxylic acids is 1. The van der Waals surface area contributed by atoms with Gasteiger partial charge in [-0.15, -0.1) is 0 Å². The minimum absolute atomic E-state index is 0.114. The predicted molar refractivity (Wildman–Crippen MR) is 63.6 cm³/mol. The molecular weight excluding hydrogens is 266 g/mol. The Kier molecular flexibility index (Phi) is 10.9. The van der Waals surface area contributed by atoms with Crippen molar-refractivity contribution in [2.24, 2.45) is 11.5 Å². The predicted octanol–water partition coefficient (Wildman–Crippen LogP) is -2.15. The number of urea groups is 1. The number of aliphatic hydroxyl groups is 1. The van der Waals surface area contributed by atoms with E-state index in [2.05, 4.69) is 5.73 Å². The maximum atomic E-state index is 10.3. The quantitative estimate of drug-likeness (QED) is 0.388. The number of hydrogen-bond acceptors (Lipinski definition) is 7. The molecule has 0 aromatic heterocycles. The lowest BCUT2D eigenvalue weighted by Gasteiger charge is -2.01. The van der Waals surface area contributed by atoms with Crippen LogP contribution < -0.4 is 16.8 Å². The maximum Gasteiger partial charge on any atom is 0.321 e. The molecule has 18 heavy (non-hydrogen) atoms. The molecule has 0 saturated carbocycles. The van der Waals surface area contributed by atoms with Crippen molar-refractivity contribution in [2.75, 3.05) is 12.4 Å². The van der Waals surface area contributed by atoms with Crippen LogP contribution in [0.15, 0.2) is 0 Å². The van der Waals surface area contributed by atoms with Crippen LogP contribution in [0.25, 0.3) is 0 Å². The molecule has 0 rings (SSSR count). The topological polar surface area (TPSA) is 173 Å². The molecule has 9 nitrogen and oxygen atoms in total. The van der Waals surface area contributed by atoms with Crippen LogP contribution in [0.5, 0.6) is 0 Å². The molecule has 1 unspecified atom stereocenters. The maximum absolute atomic E-state index is 10.3. The zero-order chi connectivity index (χ0) is 14.7. The van der Waals surface area contributed by atoms with Crippen LogP contribution in [0, 0.1) is 0 Å². The average Bonchev–Trinajstić information content (AvgIpc) is 2.25. The van der Waals surface area contributed by atoms with Crippen molar-refractivity contribution < 1.29 is 29.4 Å². The highest BCUT2D eigenvalue weighted by atomic mass is 32.2. The summed E-state index contributed by atoms with van der Waals surface area (Å²) in [6.07, 6.45) is 0. The Labute approximate surface area is 107 Å². The molecule has 0 aliphatic heterocycles. The van der Waals surface area contributed by atoms with Gasteiger partial charge in [-0.2, -0.15) is 0 Å². The summed E-state index contributed by atoms with van der Waals surface area (Å²) in [6.45, 7) is 0.655. The molecule has 7 N–H and O–H groups in total. The SMILES string of the molecule is CC(=O)SCC(N)C(=O)O.NC(=O)NC(=O)CO. The second-order valence-electron chi connectivity index (χ2n) is 2.82. The number of rotatable bonds is 4. The van der Waals surface area contributed by atoms with E-state index in [-0.39, 0.29) is 10.9 Å². The number of primary amides is 1. The highest BCUT2D eigenvalue weighted by molar-refractivity contribution is 8.13. The van der Waals surface area contributed by atoms with Gasteiger partial charge in [0.1, 0.15) is 12.6 Å². The lowest BCUT2D eigenvalue weighted by molar-refractivity contribution is -0.137. The molecule has 0 heterocycles. The highest BCUT2D eigenvalue weighted by Gasteiger charge is 2.11. The van der Waals surface area contributed by atoms with Crippen molar-refractivity contribution in [2.45, 2.75) is 13.0 Å². The van der Waals surface area contributed by atoms with Gasteiger partial charge >= 0.3 is 12.0 Å². The number of nitrogens with one attached hydrogen (secondary N) is 1. The highest BCUT2D eigenvalue weighted by Crippen LogP contribution is 2.01. The van der Waals surface area contributed by atoms with Gasteiger partial charge in [0.25, 0.3) is 5.91 Å². The first-order valence-electron chi connectivity index (χ1n) is 4.52. The minimum Gasteiger partial charge on any atom is -0.480 e. The number of carbonyl (C=O) groups is 4. The summed E-state index contributed by atoms with van der Waals surface area (Å²) in [6, 6.07) is -1.89. The summed E-state index contributed by atoms with van der Waals surface area (Å²) in [5, 5.41) is 17.7. The Balaban J connectivity index is 0. The first kappa shape index (κ1) is 18.7. The van der Waals surface area contributed by atoms with Crippen molar-refractivity contribution in [3.8, 4) is 0 Å². The van der Waals surface area contributed by atoms with Crippen LogP contribution in [-0.2, 0) is 14.4 Å². The Morgan fingerprint density at radius 2 is 1.83 bits per heavy atom. The summed E-state index contributed by atoms with van der Waals surface area (Å²) < 4.78 is 0. The Bertz CT molecular complexity index is 322. The van der Waals surface area contributed by atoms with Crippen molar-refractivity contribution in [3.63, 3.8) is 0 Å². The third kappa shape index (κ3) is 14.4. The zero-order valence-corrected chi connectivity index (χ0v) is 10.4. The molecule has 0 aliphatic carbocycles. The third-order valence-corrected chi connectivity index (χ3v) is 2.12. The van der Waals surface area contributed by atoms with Crippen LogP contribution in [0.1, 0.15) is 6.92 Å². The van der Waals surface area contributed by atoms with E-state index in [0.717, 1.165) is 11.8 Å². The Morgan fingerprint density at radius 1 is 1.33 bits per heavy atom. The number of hydrogen-bond donors (Lipinski definition) is 5. The lowest BCUT2D eigenvalue weighted by Crippen LogP contribution is -2.36. The average molecular weight is 281 g/mol. The van der Waals surface area contributed by atoms with Gasteiger partial charge in [0, 0.05) is 12.7 Å². The molecule has 104 valence electrons. The van der Waals surface area contributed by atoms with E-state index in [1.54, 1.807) is 5.32 Å². The second kappa shape index (κ2) is 10.5. The van der Waals surface area contributed by atoms with E-state index in [0.29, 0.717) is 0 Å². The molecule has 0 bridgehead atoms. The fourth-order valence-corrected chi connectivity index (χ4v) is 1.01. The summed E-state index contributed by atoms with van der Waals surface area (Å²) in [5.41, 5.74) is 9.58. The van der Waals surface area contributed by atoms with Crippen molar-refractivity contribution >= 4 is 34.8 Å². The fraction of sp³-hybridized carbons (Fsp3) is 0.500. The number of carbonyl (C=O) groups excluding carboxylic acids is 3. The molecule has 0 aromatic rings. The summed E-state index contributed by atoms with van der Waals surface area (Å²) in [7, 11) is 0. The van der Waals surface area contributed by atoms with Gasteiger partial charge in [-0.3, -0.25) is 19.7 Å². The van der Waals surface area contributed by atoms with E-state index in [9.17, 15) is 19.2 Å².